The second kappa shape index (κ2) is 4.54. The molecule has 4 aliphatic heterocycles. The number of hydrogen-bond acceptors (Lipinski definition) is 6. The molecular weight excluding hydrogens is 360 g/mol. The first kappa shape index (κ1) is 16.8. The number of ether oxygens (including phenoxy) is 4. The first-order valence-electron chi connectivity index (χ1n) is 10.7. The molecule has 1 aromatic heterocycles. The van der Waals surface area contributed by atoms with Crippen molar-refractivity contribution in [3.8, 4) is 0 Å². The number of hydrogen-bond donors (Lipinski definition) is 1. The van der Waals surface area contributed by atoms with E-state index in [2.05, 4.69) is 20.8 Å². The van der Waals surface area contributed by atoms with Gasteiger partial charge in [0, 0.05) is 30.4 Å². The van der Waals surface area contributed by atoms with Crippen LogP contribution >= 0.6 is 0 Å². The van der Waals surface area contributed by atoms with Crippen LogP contribution < -0.4 is 0 Å². The van der Waals surface area contributed by atoms with Gasteiger partial charge in [-0.1, -0.05) is 20.8 Å². The molecule has 4 saturated heterocycles. The van der Waals surface area contributed by atoms with Crippen LogP contribution in [0.2, 0.25) is 0 Å². The highest BCUT2D eigenvalue weighted by Crippen LogP contribution is 2.83. The van der Waals surface area contributed by atoms with E-state index in [0.717, 1.165) is 19.3 Å². The molecule has 3 aliphatic carbocycles. The van der Waals surface area contributed by atoms with Gasteiger partial charge in [0.05, 0.1) is 12.4 Å². The third-order valence-corrected chi connectivity index (χ3v) is 9.41. The lowest BCUT2D eigenvalue weighted by molar-refractivity contribution is -0.361. The lowest BCUT2D eigenvalue weighted by Gasteiger charge is -2.70. The van der Waals surface area contributed by atoms with E-state index in [-0.39, 0.29) is 53.6 Å². The zero-order valence-electron chi connectivity index (χ0n) is 16.9. The van der Waals surface area contributed by atoms with Gasteiger partial charge in [0.1, 0.15) is 47.5 Å². The molecule has 6 heteroatoms. The Kier molecular flexibility index (Phi) is 2.73. The van der Waals surface area contributed by atoms with Gasteiger partial charge in [0.2, 0.25) is 0 Å². The average Bonchev–Trinajstić information content (AvgIpc) is 3.51. The number of fused-ring (bicyclic) bond motifs is 3. The van der Waals surface area contributed by atoms with E-state index in [0.29, 0.717) is 11.7 Å². The van der Waals surface area contributed by atoms with Crippen molar-refractivity contribution in [2.24, 2.45) is 11.3 Å². The molecule has 0 amide bonds. The summed E-state index contributed by atoms with van der Waals surface area (Å²) >= 11 is 0. The number of furan rings is 1. The summed E-state index contributed by atoms with van der Waals surface area (Å²) in [5, 5.41) is 9.67. The quantitative estimate of drug-likeness (QED) is 0.801. The first-order valence-corrected chi connectivity index (χ1v) is 10.7. The Morgan fingerprint density at radius 3 is 2.71 bits per heavy atom. The lowest BCUT2D eigenvalue weighted by atomic mass is 9.42. The Labute approximate surface area is 164 Å². The molecule has 0 aromatic carbocycles. The van der Waals surface area contributed by atoms with Crippen molar-refractivity contribution in [1.29, 1.82) is 0 Å². The molecule has 2 spiro atoms. The summed E-state index contributed by atoms with van der Waals surface area (Å²) in [6, 6.07) is 0. The molecule has 9 atom stereocenters. The highest BCUT2D eigenvalue weighted by molar-refractivity contribution is 5.50. The van der Waals surface area contributed by atoms with E-state index in [4.69, 9.17) is 23.4 Å². The third-order valence-electron chi connectivity index (χ3n) is 9.41. The molecule has 8 rings (SSSR count). The molecule has 152 valence electrons. The summed E-state index contributed by atoms with van der Waals surface area (Å²) in [5.41, 5.74) is 1.29. The van der Waals surface area contributed by atoms with Gasteiger partial charge in [0.25, 0.3) is 0 Å². The van der Waals surface area contributed by atoms with Gasteiger partial charge in [-0.05, 0) is 24.3 Å². The van der Waals surface area contributed by atoms with E-state index in [1.165, 1.54) is 11.1 Å². The number of aliphatic hydroxyl groups excluding tert-OH is 1. The number of aliphatic hydroxyl groups is 1. The highest BCUT2D eigenvalue weighted by atomic mass is 16.7. The minimum Gasteiger partial charge on any atom is -0.466 e. The minimum absolute atomic E-state index is 0.0446. The Bertz CT molecular complexity index is 886. The van der Waals surface area contributed by atoms with E-state index < -0.39 is 5.60 Å². The van der Waals surface area contributed by atoms with Crippen molar-refractivity contribution in [1.82, 2.24) is 0 Å². The van der Waals surface area contributed by atoms with Crippen molar-refractivity contribution in [2.75, 3.05) is 7.11 Å². The first-order chi connectivity index (χ1) is 13.4. The smallest absolute Gasteiger partial charge is 0.135 e. The van der Waals surface area contributed by atoms with Gasteiger partial charge in [-0.3, -0.25) is 0 Å². The molecule has 28 heavy (non-hydrogen) atoms. The van der Waals surface area contributed by atoms with E-state index in [1.54, 1.807) is 7.11 Å². The van der Waals surface area contributed by atoms with Crippen molar-refractivity contribution in [2.45, 2.75) is 93.8 Å². The monoisotopic (exact) mass is 388 g/mol. The van der Waals surface area contributed by atoms with Gasteiger partial charge in [-0.15, -0.1) is 0 Å². The van der Waals surface area contributed by atoms with Crippen LogP contribution in [0.5, 0.6) is 0 Å². The predicted molar refractivity (Wildman–Crippen MR) is 96.9 cm³/mol. The second-order valence-electron chi connectivity index (χ2n) is 10.3. The summed E-state index contributed by atoms with van der Waals surface area (Å²) in [7, 11) is 1.80. The SMILES string of the molecule is CO[C@@H]1[C@@]2(C(C)C)O[C@H]2[C@@H]2O[C@@]23[C@@]2(C)CCc4c(coc4CO)[C@@H]2C2C[C@@]13O2. The molecule has 1 N–H and O–H groups in total. The highest BCUT2D eigenvalue weighted by Gasteiger charge is 2.98. The fourth-order valence-electron chi connectivity index (χ4n) is 8.30. The van der Waals surface area contributed by atoms with Gasteiger partial charge in [-0.25, -0.2) is 0 Å². The zero-order chi connectivity index (χ0) is 19.3. The normalized spacial score (nSPS) is 56.7. The fraction of sp³-hybridized carbons (Fsp3) is 0.818. The Morgan fingerprint density at radius 1 is 1.25 bits per heavy atom. The van der Waals surface area contributed by atoms with E-state index in [9.17, 15) is 5.11 Å². The lowest BCUT2D eigenvalue weighted by Crippen LogP contribution is -2.83. The summed E-state index contributed by atoms with van der Waals surface area (Å²) < 4.78 is 31.7. The Hall–Kier alpha value is -0.920. The Balaban J connectivity index is 1.39. The molecule has 1 aromatic rings. The summed E-state index contributed by atoms with van der Waals surface area (Å²) in [5.74, 6) is 1.29. The minimum atomic E-state index is -0.416. The standard InChI is InChI=1S/C22H28O6/c1-10(2)21-16(27-21)17-22(28-17)19(3)6-5-11-12(9-25-14(11)8-23)15(19)13-7-20(22,26-13)18(21)24-4/h9-10,13,15-18,23H,5-8H2,1-4H3/t13?,15-,16+,17+,18+,19+,20-,21+,22-/m1/s1. The topological polar surface area (TPSA) is 76.9 Å². The van der Waals surface area contributed by atoms with Crippen LogP contribution in [0.25, 0.3) is 0 Å². The summed E-state index contributed by atoms with van der Waals surface area (Å²) in [4.78, 5) is 0. The van der Waals surface area contributed by atoms with Crippen molar-refractivity contribution >= 4 is 0 Å². The molecule has 2 bridgehead atoms. The van der Waals surface area contributed by atoms with E-state index >= 15 is 0 Å². The Morgan fingerprint density at radius 2 is 2.04 bits per heavy atom. The maximum Gasteiger partial charge on any atom is 0.135 e. The maximum atomic E-state index is 9.67. The largest absolute Gasteiger partial charge is 0.466 e. The third kappa shape index (κ3) is 1.34. The molecule has 6 fully saturated rings. The van der Waals surface area contributed by atoms with Gasteiger partial charge < -0.3 is 28.5 Å². The molecule has 1 unspecified atom stereocenters. The summed E-state index contributed by atoms with van der Waals surface area (Å²) in [6.07, 6.45) is 4.93. The molecule has 5 heterocycles. The molecule has 2 saturated carbocycles. The second-order valence-corrected chi connectivity index (χ2v) is 10.3. The molecular formula is C22H28O6. The van der Waals surface area contributed by atoms with Crippen LogP contribution in [0.15, 0.2) is 10.7 Å². The molecule has 0 radical (unpaired) electrons. The van der Waals surface area contributed by atoms with Gasteiger partial charge in [-0.2, -0.15) is 0 Å². The predicted octanol–water partition coefficient (Wildman–Crippen LogP) is 2.31. The van der Waals surface area contributed by atoms with Crippen LogP contribution in [-0.2, 0) is 32.0 Å². The van der Waals surface area contributed by atoms with Crippen LogP contribution in [0.3, 0.4) is 0 Å². The van der Waals surface area contributed by atoms with Crippen molar-refractivity contribution in [3.05, 3.63) is 23.2 Å². The van der Waals surface area contributed by atoms with Crippen LogP contribution in [-0.4, -0.2) is 53.4 Å². The van der Waals surface area contributed by atoms with Crippen LogP contribution in [0.1, 0.15) is 56.4 Å². The molecule has 6 nitrogen and oxygen atoms in total. The number of methoxy groups -OCH3 is 1. The maximum absolute atomic E-state index is 9.67. The zero-order valence-corrected chi connectivity index (χ0v) is 16.9. The number of epoxide rings is 2. The molecule has 7 aliphatic rings. The van der Waals surface area contributed by atoms with Crippen LogP contribution in [0.4, 0.5) is 0 Å². The number of rotatable bonds is 3. The van der Waals surface area contributed by atoms with Crippen molar-refractivity contribution < 1.29 is 28.5 Å². The fourth-order valence-corrected chi connectivity index (χ4v) is 8.30. The summed E-state index contributed by atoms with van der Waals surface area (Å²) in [6.45, 7) is 6.77. The van der Waals surface area contributed by atoms with Gasteiger partial charge >= 0.3 is 0 Å². The van der Waals surface area contributed by atoms with E-state index in [1.807, 2.05) is 6.26 Å². The van der Waals surface area contributed by atoms with Gasteiger partial charge in [0.15, 0.2) is 0 Å². The van der Waals surface area contributed by atoms with Crippen LogP contribution in [0, 0.1) is 11.3 Å². The van der Waals surface area contributed by atoms with Crippen molar-refractivity contribution in [3.63, 3.8) is 0 Å². The average molecular weight is 388 g/mol.